The SMILES string of the molecule is CCN(CC(=O)O)C1CC(NC(=O)C(F)(F)F)C1. The lowest BCUT2D eigenvalue weighted by atomic mass is 9.85. The molecule has 1 aliphatic carbocycles. The Kier molecular flexibility index (Phi) is 4.55. The minimum absolute atomic E-state index is 0.0790. The van der Waals surface area contributed by atoms with Crippen molar-refractivity contribution >= 4 is 11.9 Å². The molecule has 0 bridgehead atoms. The van der Waals surface area contributed by atoms with E-state index in [-0.39, 0.29) is 12.6 Å². The number of aliphatic carboxylic acids is 1. The van der Waals surface area contributed by atoms with Crippen LogP contribution in [-0.2, 0) is 9.59 Å². The summed E-state index contributed by atoms with van der Waals surface area (Å²) < 4.78 is 35.9. The van der Waals surface area contributed by atoms with E-state index < -0.39 is 24.1 Å². The van der Waals surface area contributed by atoms with Crippen molar-refractivity contribution in [2.75, 3.05) is 13.1 Å². The number of carboxylic acid groups (broad SMARTS) is 1. The predicted molar refractivity (Wildman–Crippen MR) is 55.9 cm³/mol. The maximum Gasteiger partial charge on any atom is 0.471 e. The Balaban J connectivity index is 2.35. The second-order valence-corrected chi connectivity index (χ2v) is 4.25. The van der Waals surface area contributed by atoms with Crippen LogP contribution in [0.15, 0.2) is 0 Å². The normalized spacial score (nSPS) is 23.6. The number of halogens is 3. The van der Waals surface area contributed by atoms with Gasteiger partial charge in [-0.05, 0) is 19.4 Å². The largest absolute Gasteiger partial charge is 0.480 e. The summed E-state index contributed by atoms with van der Waals surface area (Å²) in [6.45, 7) is 2.16. The molecule has 0 aromatic carbocycles. The predicted octanol–water partition coefficient (Wildman–Crippen LogP) is 0.602. The minimum atomic E-state index is -4.86. The van der Waals surface area contributed by atoms with Crippen molar-refractivity contribution in [3.05, 3.63) is 0 Å². The third-order valence-electron chi connectivity index (χ3n) is 2.97. The maximum atomic E-state index is 12.0. The topological polar surface area (TPSA) is 69.6 Å². The molecule has 0 unspecified atom stereocenters. The van der Waals surface area contributed by atoms with Gasteiger partial charge in [-0.2, -0.15) is 13.2 Å². The number of rotatable bonds is 5. The highest BCUT2D eigenvalue weighted by atomic mass is 19.4. The van der Waals surface area contributed by atoms with Crippen LogP contribution in [0.3, 0.4) is 0 Å². The zero-order chi connectivity index (χ0) is 13.9. The molecule has 18 heavy (non-hydrogen) atoms. The van der Waals surface area contributed by atoms with Crippen LogP contribution in [0.5, 0.6) is 0 Å². The lowest BCUT2D eigenvalue weighted by Gasteiger charge is -2.42. The first-order chi connectivity index (χ1) is 8.24. The average Bonchev–Trinajstić information content (AvgIpc) is 2.17. The Morgan fingerprint density at radius 2 is 1.94 bits per heavy atom. The summed E-state index contributed by atoms with van der Waals surface area (Å²) in [4.78, 5) is 22.9. The van der Waals surface area contributed by atoms with Gasteiger partial charge in [0, 0.05) is 12.1 Å². The summed E-state index contributed by atoms with van der Waals surface area (Å²) >= 11 is 0. The standard InChI is InChI=1S/C10H15F3N2O3/c1-2-15(5-8(16)17)7-3-6(4-7)14-9(18)10(11,12)13/h6-7H,2-5H2,1H3,(H,14,18)(H,16,17). The third-order valence-corrected chi connectivity index (χ3v) is 2.97. The highest BCUT2D eigenvalue weighted by Crippen LogP contribution is 2.26. The van der Waals surface area contributed by atoms with Crippen molar-refractivity contribution in [3.63, 3.8) is 0 Å². The lowest BCUT2D eigenvalue weighted by Crippen LogP contribution is -2.56. The molecule has 0 aromatic rings. The summed E-state index contributed by atoms with van der Waals surface area (Å²) in [5.74, 6) is -2.91. The molecule has 1 fully saturated rings. The zero-order valence-electron chi connectivity index (χ0n) is 9.83. The van der Waals surface area contributed by atoms with Crippen LogP contribution in [0.1, 0.15) is 19.8 Å². The molecule has 104 valence electrons. The Morgan fingerprint density at radius 3 is 2.33 bits per heavy atom. The molecule has 8 heteroatoms. The smallest absolute Gasteiger partial charge is 0.471 e. The van der Waals surface area contributed by atoms with Crippen molar-refractivity contribution in [2.45, 2.75) is 38.0 Å². The number of alkyl halides is 3. The van der Waals surface area contributed by atoms with E-state index in [0.717, 1.165) is 0 Å². The molecule has 0 heterocycles. The van der Waals surface area contributed by atoms with Crippen molar-refractivity contribution < 1.29 is 27.9 Å². The first-order valence-electron chi connectivity index (χ1n) is 5.57. The fourth-order valence-electron chi connectivity index (χ4n) is 1.94. The number of nitrogens with zero attached hydrogens (tertiary/aromatic N) is 1. The molecule has 0 aliphatic heterocycles. The summed E-state index contributed by atoms with van der Waals surface area (Å²) in [6.07, 6.45) is -4.16. The van der Waals surface area contributed by atoms with Crippen LogP contribution in [0.25, 0.3) is 0 Å². The first-order valence-corrected chi connectivity index (χ1v) is 5.57. The highest BCUT2D eigenvalue weighted by Gasteiger charge is 2.43. The van der Waals surface area contributed by atoms with Crippen LogP contribution >= 0.6 is 0 Å². The van der Waals surface area contributed by atoms with Crippen LogP contribution in [-0.4, -0.2) is 53.2 Å². The van der Waals surface area contributed by atoms with E-state index in [9.17, 15) is 22.8 Å². The van der Waals surface area contributed by atoms with Gasteiger partial charge in [-0.3, -0.25) is 14.5 Å². The number of amides is 1. The van der Waals surface area contributed by atoms with Crippen LogP contribution < -0.4 is 5.32 Å². The monoisotopic (exact) mass is 268 g/mol. The lowest BCUT2D eigenvalue weighted by molar-refractivity contribution is -0.175. The molecular weight excluding hydrogens is 253 g/mol. The molecule has 1 saturated carbocycles. The van der Waals surface area contributed by atoms with Crippen molar-refractivity contribution in [2.24, 2.45) is 0 Å². The minimum Gasteiger partial charge on any atom is -0.480 e. The van der Waals surface area contributed by atoms with Gasteiger partial charge in [-0.1, -0.05) is 6.92 Å². The zero-order valence-corrected chi connectivity index (χ0v) is 9.83. The molecule has 1 aliphatic rings. The van der Waals surface area contributed by atoms with Gasteiger partial charge in [0.25, 0.3) is 0 Å². The Bertz CT molecular complexity index is 327. The number of carbonyl (C=O) groups is 2. The van der Waals surface area contributed by atoms with Gasteiger partial charge >= 0.3 is 18.1 Å². The fourth-order valence-corrected chi connectivity index (χ4v) is 1.94. The summed E-state index contributed by atoms with van der Waals surface area (Å²) in [6, 6.07) is -0.600. The highest BCUT2D eigenvalue weighted by molar-refractivity contribution is 5.82. The number of nitrogens with one attached hydrogen (secondary N) is 1. The van der Waals surface area contributed by atoms with E-state index in [0.29, 0.717) is 19.4 Å². The second kappa shape index (κ2) is 5.55. The Labute approximate surface area is 102 Å². The molecule has 0 spiro atoms. The van der Waals surface area contributed by atoms with Gasteiger partial charge in [0.15, 0.2) is 0 Å². The second-order valence-electron chi connectivity index (χ2n) is 4.25. The number of carboxylic acids is 1. The van der Waals surface area contributed by atoms with Gasteiger partial charge in [-0.25, -0.2) is 0 Å². The summed E-state index contributed by atoms with van der Waals surface area (Å²) in [5, 5.41) is 10.5. The van der Waals surface area contributed by atoms with Crippen molar-refractivity contribution in [3.8, 4) is 0 Å². The fraction of sp³-hybridized carbons (Fsp3) is 0.800. The number of hydrogen-bond acceptors (Lipinski definition) is 3. The maximum absolute atomic E-state index is 12.0. The molecule has 0 radical (unpaired) electrons. The van der Waals surface area contributed by atoms with Gasteiger partial charge in [-0.15, -0.1) is 0 Å². The van der Waals surface area contributed by atoms with Crippen LogP contribution in [0.4, 0.5) is 13.2 Å². The van der Waals surface area contributed by atoms with Crippen molar-refractivity contribution in [1.29, 1.82) is 0 Å². The molecule has 5 nitrogen and oxygen atoms in total. The molecular formula is C10H15F3N2O3. The number of hydrogen-bond donors (Lipinski definition) is 2. The van der Waals surface area contributed by atoms with E-state index in [4.69, 9.17) is 5.11 Å². The van der Waals surface area contributed by atoms with Gasteiger partial charge in [0.1, 0.15) is 0 Å². The van der Waals surface area contributed by atoms with Crippen molar-refractivity contribution in [1.82, 2.24) is 10.2 Å². The van der Waals surface area contributed by atoms with Gasteiger partial charge in [0.2, 0.25) is 0 Å². The molecule has 2 N–H and O–H groups in total. The summed E-state index contributed by atoms with van der Waals surface area (Å²) in [5.41, 5.74) is 0. The van der Waals surface area contributed by atoms with E-state index in [2.05, 4.69) is 0 Å². The molecule has 1 rings (SSSR count). The third kappa shape index (κ3) is 3.86. The molecule has 0 aromatic heterocycles. The van der Waals surface area contributed by atoms with E-state index in [1.807, 2.05) is 5.32 Å². The average molecular weight is 268 g/mol. The quantitative estimate of drug-likeness (QED) is 0.766. The molecule has 1 amide bonds. The van der Waals surface area contributed by atoms with Crippen LogP contribution in [0, 0.1) is 0 Å². The first kappa shape index (κ1) is 14.7. The van der Waals surface area contributed by atoms with Gasteiger partial charge in [0.05, 0.1) is 6.54 Å². The molecule has 0 saturated heterocycles. The van der Waals surface area contributed by atoms with Crippen LogP contribution in [0.2, 0.25) is 0 Å². The van der Waals surface area contributed by atoms with Gasteiger partial charge < -0.3 is 10.4 Å². The summed E-state index contributed by atoms with van der Waals surface area (Å²) in [7, 11) is 0. The van der Waals surface area contributed by atoms with E-state index in [1.54, 1.807) is 11.8 Å². The Hall–Kier alpha value is -1.31. The number of likely N-dealkylation sites (N-methyl/N-ethyl adjacent to an activating group) is 1. The Morgan fingerprint density at radius 1 is 1.39 bits per heavy atom. The molecule has 0 atom stereocenters. The number of carbonyl (C=O) groups excluding carboxylic acids is 1. The van der Waals surface area contributed by atoms with E-state index >= 15 is 0 Å². The van der Waals surface area contributed by atoms with E-state index in [1.165, 1.54) is 0 Å².